The Bertz CT molecular complexity index is 915. The molecule has 7 heteroatoms. The molecule has 1 unspecified atom stereocenters. The van der Waals surface area contributed by atoms with Gasteiger partial charge in [0.05, 0.1) is 0 Å². The number of amides is 2. The molecule has 0 aliphatic rings. The summed E-state index contributed by atoms with van der Waals surface area (Å²) in [5.41, 5.74) is 2.68. The molecule has 2 aromatic rings. The van der Waals surface area contributed by atoms with Crippen LogP contribution in [-0.2, 0) is 16.1 Å². The van der Waals surface area contributed by atoms with Crippen molar-refractivity contribution in [2.75, 3.05) is 6.61 Å². The molecule has 0 fully saturated rings. The van der Waals surface area contributed by atoms with Gasteiger partial charge in [-0.25, -0.2) is 0 Å². The fraction of sp³-hybridized carbons (Fsp3) is 0.391. The SMILES string of the molecule is Cc1ccc(C)c(OCC(=O)N(Cc2ccc(Cl)cc2Cl)C(C)C(=O)NC(C)C)c1. The minimum absolute atomic E-state index is 0.0396. The Labute approximate surface area is 188 Å². The number of aryl methyl sites for hydroxylation is 2. The fourth-order valence-electron chi connectivity index (χ4n) is 2.91. The first kappa shape index (κ1) is 24.0. The van der Waals surface area contributed by atoms with Gasteiger partial charge in [-0.1, -0.05) is 41.4 Å². The third-order valence-corrected chi connectivity index (χ3v) is 5.24. The summed E-state index contributed by atoms with van der Waals surface area (Å²) < 4.78 is 5.78. The van der Waals surface area contributed by atoms with Gasteiger partial charge in [-0.15, -0.1) is 0 Å². The van der Waals surface area contributed by atoms with Crippen molar-refractivity contribution in [1.29, 1.82) is 0 Å². The number of rotatable bonds is 8. The predicted octanol–water partition coefficient (Wildman–Crippen LogP) is 4.93. The van der Waals surface area contributed by atoms with E-state index < -0.39 is 6.04 Å². The highest BCUT2D eigenvalue weighted by molar-refractivity contribution is 6.35. The third-order valence-electron chi connectivity index (χ3n) is 4.65. The van der Waals surface area contributed by atoms with E-state index in [2.05, 4.69) is 5.32 Å². The summed E-state index contributed by atoms with van der Waals surface area (Å²) in [6.07, 6.45) is 0. The normalized spacial score (nSPS) is 11.9. The molecular formula is C23H28Cl2N2O3. The van der Waals surface area contributed by atoms with Crippen LogP contribution in [0.5, 0.6) is 5.75 Å². The fourth-order valence-corrected chi connectivity index (χ4v) is 3.37. The van der Waals surface area contributed by atoms with Crippen molar-refractivity contribution in [3.63, 3.8) is 0 Å². The van der Waals surface area contributed by atoms with Crippen LogP contribution in [0.4, 0.5) is 0 Å². The Hall–Kier alpha value is -2.24. The molecule has 1 atom stereocenters. The van der Waals surface area contributed by atoms with Crippen LogP contribution in [0.3, 0.4) is 0 Å². The molecule has 0 aliphatic carbocycles. The van der Waals surface area contributed by atoms with E-state index in [0.29, 0.717) is 21.4 Å². The minimum Gasteiger partial charge on any atom is -0.483 e. The lowest BCUT2D eigenvalue weighted by molar-refractivity contribution is -0.142. The van der Waals surface area contributed by atoms with Crippen molar-refractivity contribution in [2.45, 2.75) is 53.2 Å². The quantitative estimate of drug-likeness (QED) is 0.619. The molecule has 30 heavy (non-hydrogen) atoms. The van der Waals surface area contributed by atoms with Crippen LogP contribution >= 0.6 is 23.2 Å². The Balaban J connectivity index is 2.23. The largest absolute Gasteiger partial charge is 0.483 e. The maximum absolute atomic E-state index is 13.1. The molecule has 162 valence electrons. The summed E-state index contributed by atoms with van der Waals surface area (Å²) in [4.78, 5) is 27.2. The first-order chi connectivity index (χ1) is 14.1. The van der Waals surface area contributed by atoms with Crippen molar-refractivity contribution < 1.29 is 14.3 Å². The number of hydrogen-bond acceptors (Lipinski definition) is 3. The second kappa shape index (κ2) is 10.7. The van der Waals surface area contributed by atoms with Crippen LogP contribution < -0.4 is 10.1 Å². The van der Waals surface area contributed by atoms with Crippen LogP contribution in [0.25, 0.3) is 0 Å². The number of hydrogen-bond donors (Lipinski definition) is 1. The van der Waals surface area contributed by atoms with E-state index in [0.717, 1.165) is 11.1 Å². The van der Waals surface area contributed by atoms with Crippen molar-refractivity contribution in [1.82, 2.24) is 10.2 Å². The number of nitrogens with zero attached hydrogens (tertiary/aromatic N) is 1. The van der Waals surface area contributed by atoms with Gasteiger partial charge in [0.15, 0.2) is 6.61 Å². The van der Waals surface area contributed by atoms with Crippen molar-refractivity contribution in [3.05, 3.63) is 63.1 Å². The van der Waals surface area contributed by atoms with E-state index in [9.17, 15) is 9.59 Å². The topological polar surface area (TPSA) is 58.6 Å². The van der Waals surface area contributed by atoms with E-state index in [1.165, 1.54) is 4.90 Å². The van der Waals surface area contributed by atoms with Crippen LogP contribution in [0.2, 0.25) is 10.0 Å². The van der Waals surface area contributed by atoms with Gasteiger partial charge < -0.3 is 15.0 Å². The Morgan fingerprint density at radius 3 is 2.40 bits per heavy atom. The van der Waals surface area contributed by atoms with E-state index >= 15 is 0 Å². The smallest absolute Gasteiger partial charge is 0.261 e. The molecule has 1 N–H and O–H groups in total. The van der Waals surface area contributed by atoms with Crippen molar-refractivity contribution >= 4 is 35.0 Å². The molecule has 0 saturated heterocycles. The standard InChI is InChI=1S/C23H28Cl2N2O3/c1-14(2)26-23(29)17(5)27(12-18-8-9-19(24)11-20(18)25)22(28)13-30-21-10-15(3)6-7-16(21)4/h6-11,14,17H,12-13H2,1-5H3,(H,26,29). The third kappa shape index (κ3) is 6.64. The second-order valence-electron chi connectivity index (χ2n) is 7.65. The lowest BCUT2D eigenvalue weighted by Gasteiger charge is -2.29. The Morgan fingerprint density at radius 2 is 1.77 bits per heavy atom. The predicted molar refractivity (Wildman–Crippen MR) is 121 cm³/mol. The molecule has 0 saturated carbocycles. The maximum Gasteiger partial charge on any atom is 0.261 e. The van der Waals surface area contributed by atoms with Gasteiger partial charge in [-0.05, 0) is 69.5 Å². The molecule has 2 amide bonds. The second-order valence-corrected chi connectivity index (χ2v) is 8.50. The van der Waals surface area contributed by atoms with Crippen LogP contribution in [0.1, 0.15) is 37.5 Å². The highest BCUT2D eigenvalue weighted by atomic mass is 35.5. The summed E-state index contributed by atoms with van der Waals surface area (Å²) in [5.74, 6) is 0.0932. The molecule has 0 heterocycles. The van der Waals surface area contributed by atoms with Crippen LogP contribution in [0.15, 0.2) is 36.4 Å². The summed E-state index contributed by atoms with van der Waals surface area (Å²) >= 11 is 12.3. The zero-order valence-electron chi connectivity index (χ0n) is 18.0. The zero-order valence-corrected chi connectivity index (χ0v) is 19.5. The molecular weight excluding hydrogens is 423 g/mol. The minimum atomic E-state index is -0.700. The molecule has 0 radical (unpaired) electrons. The highest BCUT2D eigenvalue weighted by Crippen LogP contribution is 2.24. The summed E-state index contributed by atoms with van der Waals surface area (Å²) in [6.45, 7) is 9.29. The number of ether oxygens (including phenoxy) is 1. The summed E-state index contributed by atoms with van der Waals surface area (Å²) in [7, 11) is 0. The number of carbonyl (C=O) groups is 2. The first-order valence-corrected chi connectivity index (χ1v) is 10.6. The van der Waals surface area contributed by atoms with Gasteiger partial charge in [0.1, 0.15) is 11.8 Å². The average Bonchev–Trinajstić information content (AvgIpc) is 2.66. The molecule has 0 aliphatic heterocycles. The lowest BCUT2D eigenvalue weighted by Crippen LogP contribution is -2.50. The van der Waals surface area contributed by atoms with E-state index in [4.69, 9.17) is 27.9 Å². The number of halogens is 2. The maximum atomic E-state index is 13.1. The monoisotopic (exact) mass is 450 g/mol. The first-order valence-electron chi connectivity index (χ1n) is 9.82. The van der Waals surface area contributed by atoms with Gasteiger partial charge in [-0.3, -0.25) is 9.59 Å². The molecule has 0 spiro atoms. The lowest BCUT2D eigenvalue weighted by atomic mass is 10.1. The van der Waals surface area contributed by atoms with Gasteiger partial charge in [-0.2, -0.15) is 0 Å². The average molecular weight is 451 g/mol. The summed E-state index contributed by atoms with van der Waals surface area (Å²) in [5, 5.41) is 3.79. The number of carbonyl (C=O) groups excluding carboxylic acids is 2. The van der Waals surface area contributed by atoms with Crippen LogP contribution in [0, 0.1) is 13.8 Å². The van der Waals surface area contributed by atoms with Gasteiger partial charge >= 0.3 is 0 Å². The molecule has 5 nitrogen and oxygen atoms in total. The van der Waals surface area contributed by atoms with Crippen molar-refractivity contribution in [2.24, 2.45) is 0 Å². The molecule has 0 bridgehead atoms. The van der Waals surface area contributed by atoms with Crippen molar-refractivity contribution in [3.8, 4) is 5.75 Å². The number of nitrogens with one attached hydrogen (secondary N) is 1. The number of benzene rings is 2. The Morgan fingerprint density at radius 1 is 1.07 bits per heavy atom. The molecule has 2 aromatic carbocycles. The van der Waals surface area contributed by atoms with Gasteiger partial charge in [0.25, 0.3) is 5.91 Å². The van der Waals surface area contributed by atoms with Gasteiger partial charge in [0.2, 0.25) is 5.91 Å². The van der Waals surface area contributed by atoms with E-state index in [-0.39, 0.29) is 31.0 Å². The van der Waals surface area contributed by atoms with E-state index in [1.54, 1.807) is 25.1 Å². The molecule has 2 rings (SSSR count). The molecule has 0 aromatic heterocycles. The highest BCUT2D eigenvalue weighted by Gasteiger charge is 2.27. The summed E-state index contributed by atoms with van der Waals surface area (Å²) in [6, 6.07) is 10.2. The Kier molecular flexibility index (Phi) is 8.56. The van der Waals surface area contributed by atoms with Crippen LogP contribution in [-0.4, -0.2) is 35.4 Å². The zero-order chi connectivity index (χ0) is 22.4. The van der Waals surface area contributed by atoms with E-state index in [1.807, 2.05) is 45.9 Å². The van der Waals surface area contributed by atoms with Gasteiger partial charge in [0, 0.05) is 22.6 Å².